The van der Waals surface area contributed by atoms with Gasteiger partial charge in [0.05, 0.1) is 0 Å². The van der Waals surface area contributed by atoms with Gasteiger partial charge in [0.2, 0.25) is 5.88 Å². The number of hydrogen-bond acceptors (Lipinski definition) is 2. The van der Waals surface area contributed by atoms with Gasteiger partial charge in [-0.2, -0.15) is 0 Å². The molecule has 0 amide bonds. The van der Waals surface area contributed by atoms with Gasteiger partial charge in [-0.3, -0.25) is 0 Å². The highest BCUT2D eigenvalue weighted by atomic mass is 79.9. The van der Waals surface area contributed by atoms with E-state index in [-0.39, 0.29) is 5.02 Å². The SMILES string of the molecule is FC(F)(F)Oc1nccc(Br)c1Cl. The minimum Gasteiger partial charge on any atom is -0.386 e. The number of rotatable bonds is 1. The summed E-state index contributed by atoms with van der Waals surface area (Å²) >= 11 is 8.40. The minimum absolute atomic E-state index is 0.208. The smallest absolute Gasteiger partial charge is 0.386 e. The number of ether oxygens (including phenoxy) is 1. The number of halogens is 5. The molecule has 0 fully saturated rings. The van der Waals surface area contributed by atoms with Gasteiger partial charge in [0.25, 0.3) is 0 Å². The molecule has 13 heavy (non-hydrogen) atoms. The van der Waals surface area contributed by atoms with E-state index < -0.39 is 12.2 Å². The first-order valence-electron chi connectivity index (χ1n) is 2.96. The lowest BCUT2D eigenvalue weighted by Gasteiger charge is -2.09. The minimum atomic E-state index is -4.78. The Balaban J connectivity index is 2.96. The van der Waals surface area contributed by atoms with Gasteiger partial charge in [-0.15, -0.1) is 13.2 Å². The lowest BCUT2D eigenvalue weighted by Crippen LogP contribution is -2.18. The Morgan fingerprint density at radius 2 is 2.08 bits per heavy atom. The normalized spacial score (nSPS) is 11.5. The molecule has 0 bridgehead atoms. The fraction of sp³-hybridized carbons (Fsp3) is 0.167. The molecule has 1 aromatic heterocycles. The topological polar surface area (TPSA) is 22.1 Å². The number of aromatic nitrogens is 1. The van der Waals surface area contributed by atoms with E-state index in [0.717, 1.165) is 6.20 Å². The van der Waals surface area contributed by atoms with Crippen molar-refractivity contribution < 1.29 is 17.9 Å². The first kappa shape index (κ1) is 10.6. The van der Waals surface area contributed by atoms with Gasteiger partial charge in [0, 0.05) is 10.7 Å². The first-order valence-corrected chi connectivity index (χ1v) is 4.13. The standard InChI is InChI=1S/C6H2BrClF3NO/c7-3-1-2-12-5(4(3)8)13-6(9,10)11/h1-2H. The Bertz CT molecular complexity index is 317. The molecule has 72 valence electrons. The second-order valence-electron chi connectivity index (χ2n) is 1.96. The molecule has 1 rings (SSSR count). The molecular formula is C6H2BrClF3NO. The van der Waals surface area contributed by atoms with Gasteiger partial charge >= 0.3 is 6.36 Å². The van der Waals surface area contributed by atoms with Crippen molar-refractivity contribution in [2.75, 3.05) is 0 Å². The van der Waals surface area contributed by atoms with Crippen molar-refractivity contribution >= 4 is 27.5 Å². The summed E-state index contributed by atoms with van der Waals surface area (Å²) in [5.41, 5.74) is 0. The maximum absolute atomic E-state index is 11.7. The van der Waals surface area contributed by atoms with Gasteiger partial charge in [-0.05, 0) is 22.0 Å². The Morgan fingerprint density at radius 3 is 2.62 bits per heavy atom. The van der Waals surface area contributed by atoms with Crippen molar-refractivity contribution in [1.29, 1.82) is 0 Å². The number of nitrogens with zero attached hydrogens (tertiary/aromatic N) is 1. The summed E-state index contributed by atoms with van der Waals surface area (Å²) in [6.45, 7) is 0. The van der Waals surface area contributed by atoms with E-state index in [4.69, 9.17) is 11.6 Å². The maximum Gasteiger partial charge on any atom is 0.574 e. The average molecular weight is 276 g/mol. The van der Waals surface area contributed by atoms with E-state index >= 15 is 0 Å². The fourth-order valence-electron chi connectivity index (χ4n) is 0.583. The highest BCUT2D eigenvalue weighted by Gasteiger charge is 2.33. The van der Waals surface area contributed by atoms with Crippen LogP contribution in [0.1, 0.15) is 0 Å². The molecule has 0 spiro atoms. The highest BCUT2D eigenvalue weighted by molar-refractivity contribution is 9.10. The lowest BCUT2D eigenvalue weighted by atomic mass is 10.5. The molecule has 0 saturated carbocycles. The highest BCUT2D eigenvalue weighted by Crippen LogP contribution is 2.32. The zero-order valence-electron chi connectivity index (χ0n) is 5.90. The van der Waals surface area contributed by atoms with Crippen molar-refractivity contribution in [2.24, 2.45) is 0 Å². The second kappa shape index (κ2) is 3.71. The van der Waals surface area contributed by atoms with Crippen LogP contribution < -0.4 is 4.74 Å². The molecule has 1 aromatic rings. The molecule has 0 atom stereocenters. The predicted molar refractivity (Wildman–Crippen MR) is 43.6 cm³/mol. The molecule has 0 N–H and O–H groups in total. The zero-order chi connectivity index (χ0) is 10.1. The quantitative estimate of drug-likeness (QED) is 0.784. The molecule has 0 aliphatic carbocycles. The van der Waals surface area contributed by atoms with Crippen molar-refractivity contribution in [3.8, 4) is 5.88 Å². The number of hydrogen-bond donors (Lipinski definition) is 0. The third-order valence-corrected chi connectivity index (χ3v) is 2.28. The fourth-order valence-corrected chi connectivity index (χ4v) is 1.02. The predicted octanol–water partition coefficient (Wildman–Crippen LogP) is 3.40. The van der Waals surface area contributed by atoms with E-state index in [1.807, 2.05) is 0 Å². The van der Waals surface area contributed by atoms with Crippen LogP contribution in [0, 0.1) is 0 Å². The van der Waals surface area contributed by atoms with Crippen molar-refractivity contribution in [3.63, 3.8) is 0 Å². The molecule has 0 aliphatic heterocycles. The zero-order valence-corrected chi connectivity index (χ0v) is 8.24. The molecular weight excluding hydrogens is 274 g/mol. The Labute approximate surface area is 84.8 Å². The summed E-state index contributed by atoms with van der Waals surface area (Å²) in [5.74, 6) is -0.663. The van der Waals surface area contributed by atoms with Gasteiger partial charge < -0.3 is 4.74 Å². The van der Waals surface area contributed by atoms with Crippen molar-refractivity contribution in [1.82, 2.24) is 4.98 Å². The van der Waals surface area contributed by atoms with E-state index in [2.05, 4.69) is 25.7 Å². The van der Waals surface area contributed by atoms with E-state index in [9.17, 15) is 13.2 Å². The largest absolute Gasteiger partial charge is 0.574 e. The number of pyridine rings is 1. The van der Waals surface area contributed by atoms with Crippen LogP contribution in [0.3, 0.4) is 0 Å². The number of alkyl halides is 3. The van der Waals surface area contributed by atoms with Crippen LogP contribution in [0.25, 0.3) is 0 Å². The molecule has 2 nitrogen and oxygen atoms in total. The summed E-state index contributed by atoms with van der Waals surface area (Å²) in [6, 6.07) is 1.41. The molecule has 0 radical (unpaired) electrons. The Morgan fingerprint density at radius 1 is 1.46 bits per heavy atom. The van der Waals surface area contributed by atoms with Gasteiger partial charge in [0.15, 0.2) is 0 Å². The second-order valence-corrected chi connectivity index (χ2v) is 3.19. The van der Waals surface area contributed by atoms with Crippen LogP contribution in [0.15, 0.2) is 16.7 Å². The van der Waals surface area contributed by atoms with Crippen LogP contribution >= 0.6 is 27.5 Å². The van der Waals surface area contributed by atoms with E-state index in [1.165, 1.54) is 6.07 Å². The monoisotopic (exact) mass is 275 g/mol. The molecule has 0 aromatic carbocycles. The van der Waals surface area contributed by atoms with Gasteiger partial charge in [-0.1, -0.05) is 11.6 Å². The summed E-state index contributed by atoms with van der Waals surface area (Å²) < 4.78 is 39.0. The van der Waals surface area contributed by atoms with Crippen LogP contribution in [-0.2, 0) is 0 Å². The van der Waals surface area contributed by atoms with Crippen LogP contribution in [-0.4, -0.2) is 11.3 Å². The molecule has 0 saturated heterocycles. The summed E-state index contributed by atoms with van der Waals surface area (Å²) in [6.07, 6.45) is -3.63. The Hall–Kier alpha value is -0.490. The van der Waals surface area contributed by atoms with Crippen molar-refractivity contribution in [2.45, 2.75) is 6.36 Å². The molecule has 7 heteroatoms. The van der Waals surface area contributed by atoms with Crippen LogP contribution in [0.5, 0.6) is 5.88 Å². The molecule has 1 heterocycles. The van der Waals surface area contributed by atoms with E-state index in [0.29, 0.717) is 4.47 Å². The van der Waals surface area contributed by atoms with E-state index in [1.54, 1.807) is 0 Å². The average Bonchev–Trinajstić information content (AvgIpc) is 1.96. The first-order chi connectivity index (χ1) is 5.90. The van der Waals surface area contributed by atoms with Crippen LogP contribution in [0.4, 0.5) is 13.2 Å². The van der Waals surface area contributed by atoms with Crippen molar-refractivity contribution in [3.05, 3.63) is 21.8 Å². The third kappa shape index (κ3) is 3.04. The summed E-state index contributed by atoms with van der Waals surface area (Å²) in [7, 11) is 0. The third-order valence-electron chi connectivity index (χ3n) is 1.02. The maximum atomic E-state index is 11.7. The summed E-state index contributed by atoms with van der Waals surface area (Å²) in [4.78, 5) is 3.32. The molecule has 0 aliphatic rings. The van der Waals surface area contributed by atoms with Gasteiger partial charge in [-0.25, -0.2) is 4.98 Å². The van der Waals surface area contributed by atoms with Crippen LogP contribution in [0.2, 0.25) is 5.02 Å². The Kier molecular flexibility index (Phi) is 3.02. The van der Waals surface area contributed by atoms with Gasteiger partial charge in [0.1, 0.15) is 5.02 Å². The lowest BCUT2D eigenvalue weighted by molar-refractivity contribution is -0.276. The summed E-state index contributed by atoms with van der Waals surface area (Å²) in [5, 5.41) is -0.208. The molecule has 0 unspecified atom stereocenters.